The number of nitrogens with one attached hydrogen (secondary N) is 1. The van der Waals surface area contributed by atoms with E-state index in [1.54, 1.807) is 11.9 Å². The third-order valence-electron chi connectivity index (χ3n) is 4.34. The maximum Gasteiger partial charge on any atom is 0.317 e. The summed E-state index contributed by atoms with van der Waals surface area (Å²) in [6, 6.07) is 8.21. The first-order valence-electron chi connectivity index (χ1n) is 8.48. The van der Waals surface area contributed by atoms with Gasteiger partial charge in [-0.15, -0.1) is 10.2 Å². The number of carbonyl (C=O) groups excluding carboxylic acids is 1. The minimum atomic E-state index is -0.134. The van der Waals surface area contributed by atoms with Crippen molar-refractivity contribution in [3.63, 3.8) is 0 Å². The zero-order valence-corrected chi connectivity index (χ0v) is 15.3. The predicted molar refractivity (Wildman–Crippen MR) is 99.0 cm³/mol. The standard InChI is InChI=1S/C17H24N6OS/c1-22(17(24)19-10-15-20-21-16(18)25-15)11-13-6-2-3-7-14(13)12-23-8-4-5-9-23/h2-3,6-7H,4-5,8-12H2,1H3,(H2,18,21)(H,19,24). The fourth-order valence-corrected chi connectivity index (χ4v) is 3.55. The monoisotopic (exact) mass is 360 g/mol. The lowest BCUT2D eigenvalue weighted by Crippen LogP contribution is -2.36. The third-order valence-corrected chi connectivity index (χ3v) is 5.09. The number of carbonyl (C=O) groups is 1. The van der Waals surface area contributed by atoms with E-state index < -0.39 is 0 Å². The van der Waals surface area contributed by atoms with Gasteiger partial charge in [-0.2, -0.15) is 0 Å². The van der Waals surface area contributed by atoms with Crippen molar-refractivity contribution in [3.8, 4) is 0 Å². The van der Waals surface area contributed by atoms with Gasteiger partial charge in [0.2, 0.25) is 5.13 Å². The number of aromatic nitrogens is 2. The van der Waals surface area contributed by atoms with Gasteiger partial charge in [0.05, 0.1) is 6.54 Å². The summed E-state index contributed by atoms with van der Waals surface area (Å²) in [4.78, 5) is 16.5. The van der Waals surface area contributed by atoms with Crippen molar-refractivity contribution in [2.45, 2.75) is 32.5 Å². The Balaban J connectivity index is 1.56. The maximum atomic E-state index is 12.3. The molecule has 1 saturated heterocycles. The largest absolute Gasteiger partial charge is 0.374 e. The van der Waals surface area contributed by atoms with Crippen molar-refractivity contribution in [2.75, 3.05) is 25.9 Å². The topological polar surface area (TPSA) is 87.4 Å². The van der Waals surface area contributed by atoms with Crippen LogP contribution in [0.2, 0.25) is 0 Å². The smallest absolute Gasteiger partial charge is 0.317 e. The number of nitrogens with two attached hydrogens (primary N) is 1. The molecule has 0 atom stereocenters. The molecule has 3 N–H and O–H groups in total. The third kappa shape index (κ3) is 4.90. The first kappa shape index (κ1) is 17.6. The molecule has 0 saturated carbocycles. The van der Waals surface area contributed by atoms with Gasteiger partial charge in [0, 0.05) is 20.1 Å². The van der Waals surface area contributed by atoms with Crippen molar-refractivity contribution in [2.24, 2.45) is 0 Å². The molecule has 0 aliphatic carbocycles. The molecule has 1 aliphatic heterocycles. The number of amides is 2. The van der Waals surface area contributed by atoms with Crippen LogP contribution in [0.4, 0.5) is 9.93 Å². The molecule has 1 aliphatic rings. The number of urea groups is 1. The lowest BCUT2D eigenvalue weighted by Gasteiger charge is -2.22. The van der Waals surface area contributed by atoms with Crippen molar-refractivity contribution < 1.29 is 4.79 Å². The second kappa shape index (κ2) is 8.26. The van der Waals surface area contributed by atoms with E-state index in [2.05, 4.69) is 38.6 Å². The van der Waals surface area contributed by atoms with E-state index in [1.807, 2.05) is 6.07 Å². The summed E-state index contributed by atoms with van der Waals surface area (Å²) in [6.45, 7) is 4.20. The van der Waals surface area contributed by atoms with Gasteiger partial charge >= 0.3 is 6.03 Å². The van der Waals surface area contributed by atoms with E-state index in [9.17, 15) is 4.79 Å². The Hall–Kier alpha value is -2.19. The van der Waals surface area contributed by atoms with Crippen molar-refractivity contribution in [1.29, 1.82) is 0 Å². The van der Waals surface area contributed by atoms with Crippen LogP contribution in [0, 0.1) is 0 Å². The highest BCUT2D eigenvalue weighted by Gasteiger charge is 2.16. The maximum absolute atomic E-state index is 12.3. The number of anilines is 1. The van der Waals surface area contributed by atoms with E-state index in [4.69, 9.17) is 5.73 Å². The first-order chi connectivity index (χ1) is 12.1. The van der Waals surface area contributed by atoms with Crippen LogP contribution in [0.1, 0.15) is 29.0 Å². The van der Waals surface area contributed by atoms with Crippen LogP contribution in [-0.4, -0.2) is 46.2 Å². The highest BCUT2D eigenvalue weighted by atomic mass is 32.1. The normalized spacial score (nSPS) is 14.6. The Labute approximate surface area is 151 Å². The molecule has 7 nitrogen and oxygen atoms in total. The quantitative estimate of drug-likeness (QED) is 0.823. The summed E-state index contributed by atoms with van der Waals surface area (Å²) in [5.74, 6) is 0. The molecule has 1 aromatic heterocycles. The summed E-state index contributed by atoms with van der Waals surface area (Å²) >= 11 is 1.28. The van der Waals surface area contributed by atoms with Crippen LogP contribution in [0.15, 0.2) is 24.3 Å². The number of likely N-dealkylation sites (tertiary alicyclic amines) is 1. The van der Waals surface area contributed by atoms with Gasteiger partial charge in [-0.05, 0) is 37.1 Å². The minimum Gasteiger partial charge on any atom is -0.374 e. The Morgan fingerprint density at radius 3 is 2.68 bits per heavy atom. The minimum absolute atomic E-state index is 0.134. The van der Waals surface area contributed by atoms with Crippen LogP contribution in [-0.2, 0) is 19.6 Å². The van der Waals surface area contributed by atoms with E-state index in [-0.39, 0.29) is 6.03 Å². The number of nitrogens with zero attached hydrogens (tertiary/aromatic N) is 4. The molecule has 1 fully saturated rings. The van der Waals surface area contributed by atoms with Crippen LogP contribution in [0.3, 0.4) is 0 Å². The Kier molecular flexibility index (Phi) is 5.83. The second-order valence-corrected chi connectivity index (χ2v) is 7.39. The van der Waals surface area contributed by atoms with Crippen LogP contribution >= 0.6 is 11.3 Å². The van der Waals surface area contributed by atoms with E-state index >= 15 is 0 Å². The van der Waals surface area contributed by atoms with E-state index in [0.717, 1.165) is 19.6 Å². The average Bonchev–Trinajstić information content (AvgIpc) is 3.26. The molecule has 0 bridgehead atoms. The zero-order chi connectivity index (χ0) is 17.6. The highest BCUT2D eigenvalue weighted by Crippen LogP contribution is 2.17. The first-order valence-corrected chi connectivity index (χ1v) is 9.29. The molecular weight excluding hydrogens is 336 g/mol. The molecule has 3 rings (SSSR count). The molecule has 134 valence electrons. The fourth-order valence-electron chi connectivity index (χ4n) is 3.00. The van der Waals surface area contributed by atoms with Gasteiger partial charge in [0.15, 0.2) is 0 Å². The van der Waals surface area contributed by atoms with Gasteiger partial charge in [0.25, 0.3) is 0 Å². The summed E-state index contributed by atoms with van der Waals surface area (Å²) in [7, 11) is 1.80. The Bertz CT molecular complexity index is 713. The molecule has 0 unspecified atom stereocenters. The summed E-state index contributed by atoms with van der Waals surface area (Å²) in [5, 5.41) is 11.6. The number of hydrogen-bond donors (Lipinski definition) is 2. The number of nitrogen functional groups attached to an aromatic ring is 1. The van der Waals surface area contributed by atoms with Crippen molar-refractivity contribution in [1.82, 2.24) is 25.3 Å². The molecule has 2 amide bonds. The molecule has 0 spiro atoms. The summed E-state index contributed by atoms with van der Waals surface area (Å²) < 4.78 is 0. The molecule has 2 heterocycles. The lowest BCUT2D eigenvalue weighted by atomic mass is 10.1. The zero-order valence-electron chi connectivity index (χ0n) is 14.4. The predicted octanol–water partition coefficient (Wildman–Crippen LogP) is 2.06. The van der Waals surface area contributed by atoms with Crippen molar-refractivity contribution >= 4 is 22.5 Å². The highest BCUT2D eigenvalue weighted by molar-refractivity contribution is 7.15. The Morgan fingerprint density at radius 2 is 2.00 bits per heavy atom. The van der Waals surface area contributed by atoms with Crippen LogP contribution < -0.4 is 11.1 Å². The lowest BCUT2D eigenvalue weighted by molar-refractivity contribution is 0.206. The molecular formula is C17H24N6OS. The summed E-state index contributed by atoms with van der Waals surface area (Å²) in [5.41, 5.74) is 8.03. The van der Waals surface area contributed by atoms with Gasteiger partial charge in [-0.25, -0.2) is 4.79 Å². The van der Waals surface area contributed by atoms with Crippen molar-refractivity contribution in [3.05, 3.63) is 40.4 Å². The van der Waals surface area contributed by atoms with Crippen LogP contribution in [0.25, 0.3) is 0 Å². The molecule has 2 aromatic rings. The van der Waals surface area contributed by atoms with Gasteiger partial charge in [-0.1, -0.05) is 35.6 Å². The summed E-state index contributed by atoms with van der Waals surface area (Å²) in [6.07, 6.45) is 2.56. The SMILES string of the molecule is CN(Cc1ccccc1CN1CCCC1)C(=O)NCc1nnc(N)s1. The molecule has 0 radical (unpaired) electrons. The number of hydrogen-bond acceptors (Lipinski definition) is 6. The fraction of sp³-hybridized carbons (Fsp3) is 0.471. The molecule has 1 aromatic carbocycles. The number of benzene rings is 1. The molecule has 8 heteroatoms. The Morgan fingerprint density at radius 1 is 1.28 bits per heavy atom. The van der Waals surface area contributed by atoms with Gasteiger partial charge in [-0.3, -0.25) is 4.90 Å². The van der Waals surface area contributed by atoms with Gasteiger partial charge < -0.3 is 16.0 Å². The van der Waals surface area contributed by atoms with E-state index in [0.29, 0.717) is 23.2 Å². The van der Waals surface area contributed by atoms with E-state index in [1.165, 1.54) is 35.3 Å². The van der Waals surface area contributed by atoms with Crippen LogP contribution in [0.5, 0.6) is 0 Å². The molecule has 25 heavy (non-hydrogen) atoms. The van der Waals surface area contributed by atoms with Gasteiger partial charge in [0.1, 0.15) is 5.01 Å². The number of rotatable bonds is 6. The average molecular weight is 360 g/mol. The second-order valence-electron chi connectivity index (χ2n) is 6.30.